The van der Waals surface area contributed by atoms with Crippen LogP contribution < -0.4 is 11.1 Å². The number of methoxy groups -OCH3 is 1. The van der Waals surface area contributed by atoms with Gasteiger partial charge in [0.15, 0.2) is 5.60 Å². The van der Waals surface area contributed by atoms with Crippen LogP contribution in [0.25, 0.3) is 0 Å². The average molecular weight is 318 g/mol. The average Bonchev–Trinajstić information content (AvgIpc) is 2.37. The maximum atomic E-state index is 12.8. The Kier molecular flexibility index (Phi) is 3.96. The van der Waals surface area contributed by atoms with E-state index in [4.69, 9.17) is 5.73 Å². The number of hydrogen-bond acceptors (Lipinski definition) is 4. The Morgan fingerprint density at radius 2 is 2.05 bits per heavy atom. The number of nitrogens with zero attached hydrogens (tertiary/aromatic N) is 2. The molecule has 0 aromatic carbocycles. The van der Waals surface area contributed by atoms with Crippen LogP contribution in [0.3, 0.4) is 0 Å². The Morgan fingerprint density at radius 1 is 1.41 bits per heavy atom. The van der Waals surface area contributed by atoms with Gasteiger partial charge in [0.05, 0.1) is 25.0 Å². The quantitative estimate of drug-likeness (QED) is 0.868. The first kappa shape index (κ1) is 16.0. The highest BCUT2D eigenvalue weighted by molar-refractivity contribution is 5.92. The van der Waals surface area contributed by atoms with Gasteiger partial charge >= 0.3 is 12.2 Å². The first-order chi connectivity index (χ1) is 10.2. The van der Waals surface area contributed by atoms with E-state index in [1.807, 2.05) is 0 Å². The van der Waals surface area contributed by atoms with Crippen LogP contribution in [0, 0.1) is 0 Å². The first-order valence-electron chi connectivity index (χ1n) is 6.12. The molecule has 120 valence electrons. The van der Waals surface area contributed by atoms with Crippen LogP contribution >= 0.6 is 0 Å². The van der Waals surface area contributed by atoms with E-state index in [0.29, 0.717) is 0 Å². The van der Waals surface area contributed by atoms with Gasteiger partial charge in [-0.05, 0) is 12.1 Å². The zero-order valence-corrected chi connectivity index (χ0v) is 11.5. The number of likely N-dealkylation sites (tertiary alicyclic amines) is 1. The maximum Gasteiger partial charge on any atom is 0.420 e. The number of primary amides is 1. The Balaban J connectivity index is 1.96. The van der Waals surface area contributed by atoms with Crippen LogP contribution in [0.1, 0.15) is 10.5 Å². The number of nitrogens with two attached hydrogens (primary N) is 1. The predicted octanol–water partition coefficient (Wildman–Crippen LogP) is 0.976. The summed E-state index contributed by atoms with van der Waals surface area (Å²) in [5.74, 6) is -0.726. The third-order valence-corrected chi connectivity index (χ3v) is 3.35. The molecule has 0 unspecified atom stereocenters. The molecule has 10 heteroatoms. The first-order valence-corrected chi connectivity index (χ1v) is 6.12. The smallest absolute Gasteiger partial charge is 0.365 e. The summed E-state index contributed by atoms with van der Waals surface area (Å²) in [6, 6.07) is 1.95. The van der Waals surface area contributed by atoms with Crippen molar-refractivity contribution in [1.29, 1.82) is 0 Å². The maximum absolute atomic E-state index is 12.8. The second-order valence-electron chi connectivity index (χ2n) is 4.78. The van der Waals surface area contributed by atoms with Crippen LogP contribution in [-0.4, -0.2) is 53.8 Å². The Labute approximate surface area is 123 Å². The molecule has 1 aromatic heterocycles. The fraction of sp³-hybridized carbons (Fsp3) is 0.417. The van der Waals surface area contributed by atoms with Crippen LogP contribution in [0.4, 0.5) is 23.7 Å². The van der Waals surface area contributed by atoms with Crippen molar-refractivity contribution in [2.75, 3.05) is 25.5 Å². The number of anilines is 1. The van der Waals surface area contributed by atoms with E-state index in [2.05, 4.69) is 15.0 Å². The number of ether oxygens (including phenoxy) is 1. The molecule has 1 aliphatic heterocycles. The van der Waals surface area contributed by atoms with E-state index in [9.17, 15) is 22.8 Å². The molecule has 2 rings (SSSR count). The lowest BCUT2D eigenvalue weighted by Gasteiger charge is -2.49. The molecule has 7 nitrogen and oxygen atoms in total. The van der Waals surface area contributed by atoms with E-state index in [-0.39, 0.29) is 11.4 Å². The van der Waals surface area contributed by atoms with Crippen LogP contribution in [0.5, 0.6) is 0 Å². The van der Waals surface area contributed by atoms with Gasteiger partial charge in [0, 0.05) is 7.11 Å². The van der Waals surface area contributed by atoms with Crippen molar-refractivity contribution in [3.8, 4) is 0 Å². The number of halogens is 3. The van der Waals surface area contributed by atoms with Gasteiger partial charge in [-0.3, -0.25) is 4.79 Å². The van der Waals surface area contributed by atoms with E-state index in [1.165, 1.54) is 18.3 Å². The molecule has 1 aliphatic rings. The lowest BCUT2D eigenvalue weighted by Crippen LogP contribution is -2.71. The number of pyridine rings is 1. The molecule has 0 aliphatic carbocycles. The minimum absolute atomic E-state index is 0.0115. The molecule has 0 atom stereocenters. The fourth-order valence-electron chi connectivity index (χ4n) is 1.95. The Hall–Kier alpha value is -2.36. The van der Waals surface area contributed by atoms with Crippen LogP contribution in [0.15, 0.2) is 18.3 Å². The van der Waals surface area contributed by atoms with E-state index in [0.717, 1.165) is 12.0 Å². The van der Waals surface area contributed by atoms with Gasteiger partial charge in [-0.25, -0.2) is 9.78 Å². The van der Waals surface area contributed by atoms with Crippen molar-refractivity contribution in [2.24, 2.45) is 5.73 Å². The summed E-state index contributed by atoms with van der Waals surface area (Å²) in [5.41, 5.74) is 2.94. The van der Waals surface area contributed by atoms with Crippen molar-refractivity contribution in [1.82, 2.24) is 9.88 Å². The summed E-state index contributed by atoms with van der Waals surface area (Å²) in [4.78, 5) is 27.3. The molecule has 1 saturated heterocycles. The van der Waals surface area contributed by atoms with Crippen LogP contribution in [0.2, 0.25) is 0 Å². The lowest BCUT2D eigenvalue weighted by atomic mass is 9.93. The number of rotatable bonds is 3. The Morgan fingerprint density at radius 3 is 2.45 bits per heavy atom. The number of aromatic nitrogens is 1. The van der Waals surface area contributed by atoms with Gasteiger partial charge in [0.1, 0.15) is 5.69 Å². The second kappa shape index (κ2) is 5.44. The second-order valence-corrected chi connectivity index (χ2v) is 4.78. The van der Waals surface area contributed by atoms with Crippen molar-refractivity contribution < 1.29 is 27.5 Å². The van der Waals surface area contributed by atoms with Gasteiger partial charge in [-0.1, -0.05) is 0 Å². The van der Waals surface area contributed by atoms with Crippen molar-refractivity contribution in [2.45, 2.75) is 11.8 Å². The molecule has 22 heavy (non-hydrogen) atoms. The minimum Gasteiger partial charge on any atom is -0.365 e. The third-order valence-electron chi connectivity index (χ3n) is 3.35. The SMILES string of the molecule is COC1(C(F)(F)F)CN(C(=O)Nc2ccc(C(N)=O)nc2)C1. The highest BCUT2D eigenvalue weighted by Crippen LogP contribution is 2.40. The molecular weight excluding hydrogens is 305 g/mol. The fourth-order valence-corrected chi connectivity index (χ4v) is 1.95. The van der Waals surface area contributed by atoms with Gasteiger partial charge in [0.2, 0.25) is 0 Å². The highest BCUT2D eigenvalue weighted by Gasteiger charge is 2.63. The summed E-state index contributed by atoms with van der Waals surface area (Å²) < 4.78 is 42.9. The molecule has 1 fully saturated rings. The molecule has 0 spiro atoms. The zero-order valence-electron chi connectivity index (χ0n) is 11.5. The predicted molar refractivity (Wildman–Crippen MR) is 69.1 cm³/mol. The summed E-state index contributed by atoms with van der Waals surface area (Å²) in [7, 11) is 0.954. The van der Waals surface area contributed by atoms with E-state index < -0.39 is 36.8 Å². The number of urea groups is 1. The van der Waals surface area contributed by atoms with Crippen molar-refractivity contribution in [3.05, 3.63) is 24.0 Å². The molecule has 0 radical (unpaired) electrons. The van der Waals surface area contributed by atoms with E-state index in [1.54, 1.807) is 0 Å². The molecule has 3 N–H and O–H groups in total. The molecule has 0 saturated carbocycles. The summed E-state index contributed by atoms with van der Waals surface area (Å²) >= 11 is 0. The monoisotopic (exact) mass is 318 g/mol. The summed E-state index contributed by atoms with van der Waals surface area (Å²) in [6.07, 6.45) is -3.37. The van der Waals surface area contributed by atoms with Crippen LogP contribution in [-0.2, 0) is 4.74 Å². The topological polar surface area (TPSA) is 97.5 Å². The lowest BCUT2D eigenvalue weighted by molar-refractivity contribution is -0.303. The van der Waals surface area contributed by atoms with Gasteiger partial charge < -0.3 is 20.7 Å². The van der Waals surface area contributed by atoms with Crippen molar-refractivity contribution >= 4 is 17.6 Å². The normalized spacial score (nSPS) is 16.8. The van der Waals surface area contributed by atoms with Gasteiger partial charge in [-0.15, -0.1) is 0 Å². The zero-order chi connectivity index (χ0) is 16.5. The number of carbonyl (C=O) groups is 2. The standard InChI is InChI=1S/C12H13F3N4O3/c1-22-11(12(13,14)15)5-19(6-11)10(21)18-7-2-3-8(9(16)20)17-4-7/h2-4H,5-6H2,1H3,(H2,16,20)(H,18,21). The number of amides is 3. The molecule has 2 heterocycles. The largest absolute Gasteiger partial charge is 0.420 e. The molecule has 3 amide bonds. The molecular formula is C12H13F3N4O3. The minimum atomic E-state index is -4.55. The molecule has 1 aromatic rings. The highest BCUT2D eigenvalue weighted by atomic mass is 19.4. The number of carbonyl (C=O) groups excluding carboxylic acids is 2. The van der Waals surface area contributed by atoms with Crippen molar-refractivity contribution in [3.63, 3.8) is 0 Å². The number of alkyl halides is 3. The number of hydrogen-bond donors (Lipinski definition) is 2. The van der Waals surface area contributed by atoms with Gasteiger partial charge in [-0.2, -0.15) is 13.2 Å². The third kappa shape index (κ3) is 2.82. The van der Waals surface area contributed by atoms with E-state index >= 15 is 0 Å². The Bertz CT molecular complexity index is 582. The summed E-state index contributed by atoms with van der Waals surface area (Å²) in [6.45, 7) is -1.18. The van der Waals surface area contributed by atoms with Gasteiger partial charge in [0.25, 0.3) is 5.91 Å². The molecule has 0 bridgehead atoms. The summed E-state index contributed by atoms with van der Waals surface area (Å²) in [5, 5.41) is 2.37. The number of nitrogens with one attached hydrogen (secondary N) is 1.